The number of hydrogen-bond acceptors (Lipinski definition) is 4. The fraction of sp³-hybridized carbons (Fsp3) is 0.364. The summed E-state index contributed by atoms with van der Waals surface area (Å²) in [5.41, 5.74) is 0.607. The molecule has 6 heteroatoms. The molecule has 0 aliphatic rings. The van der Waals surface area contributed by atoms with Crippen molar-refractivity contribution in [3.05, 3.63) is 65.7 Å². The van der Waals surface area contributed by atoms with Gasteiger partial charge in [-0.2, -0.15) is 0 Å². The molecule has 0 radical (unpaired) electrons. The fourth-order valence-corrected chi connectivity index (χ4v) is 2.37. The van der Waals surface area contributed by atoms with Crippen LogP contribution in [0.15, 0.2) is 60.7 Å². The van der Waals surface area contributed by atoms with Crippen LogP contribution in [-0.4, -0.2) is 25.8 Å². The lowest BCUT2D eigenvalue weighted by molar-refractivity contribution is -0.140. The molecule has 1 N–H and O–H groups in total. The van der Waals surface area contributed by atoms with Gasteiger partial charge in [-0.3, -0.25) is 10.1 Å². The van der Waals surface area contributed by atoms with E-state index in [1.807, 2.05) is 12.2 Å². The fourth-order valence-electron chi connectivity index (χ4n) is 2.18. The summed E-state index contributed by atoms with van der Waals surface area (Å²) in [5.74, 6) is -0.160. The minimum atomic E-state index is -0.492. The average Bonchev–Trinajstić information content (AvgIpc) is 2.68. The summed E-state index contributed by atoms with van der Waals surface area (Å²) in [4.78, 5) is 22.6. The number of esters is 1. The standard InChI is InChI=1S/C22H28ClNO4/c1-27-21(25)16-11-9-7-5-3-2-4-6-8-10-12-17-28-22(26)24-20-15-13-14-19(23)18-20/h2,4-5,7-8,10,13-15,18H,3,6,9,11-12,16-17H2,1H3,(H,24,26)/b4-2-,7-5-,10-8-. The Hall–Kier alpha value is -2.53. The number of benzene rings is 1. The number of carbonyl (C=O) groups is 2. The first-order valence-corrected chi connectivity index (χ1v) is 9.70. The zero-order valence-corrected chi connectivity index (χ0v) is 17.0. The molecule has 0 bridgehead atoms. The summed E-state index contributed by atoms with van der Waals surface area (Å²) in [5, 5.41) is 3.18. The first kappa shape index (κ1) is 23.5. The van der Waals surface area contributed by atoms with E-state index in [0.717, 1.165) is 25.7 Å². The van der Waals surface area contributed by atoms with Crippen molar-refractivity contribution in [1.82, 2.24) is 0 Å². The van der Waals surface area contributed by atoms with E-state index in [2.05, 4.69) is 34.4 Å². The summed E-state index contributed by atoms with van der Waals surface area (Å²) < 4.78 is 9.68. The molecule has 0 aliphatic carbocycles. The molecule has 0 fully saturated rings. The van der Waals surface area contributed by atoms with Crippen molar-refractivity contribution >= 4 is 29.4 Å². The van der Waals surface area contributed by atoms with Crippen LogP contribution >= 0.6 is 11.6 Å². The van der Waals surface area contributed by atoms with Crippen molar-refractivity contribution in [3.63, 3.8) is 0 Å². The number of nitrogens with one attached hydrogen (secondary N) is 1. The number of carbonyl (C=O) groups excluding carboxylic acids is 2. The number of allylic oxidation sites excluding steroid dienone is 5. The summed E-state index contributed by atoms with van der Waals surface area (Å²) in [6.07, 6.45) is 16.4. The van der Waals surface area contributed by atoms with Gasteiger partial charge in [-0.15, -0.1) is 0 Å². The topological polar surface area (TPSA) is 64.6 Å². The van der Waals surface area contributed by atoms with Gasteiger partial charge in [0.25, 0.3) is 0 Å². The zero-order valence-electron chi connectivity index (χ0n) is 16.2. The van der Waals surface area contributed by atoms with E-state index < -0.39 is 6.09 Å². The van der Waals surface area contributed by atoms with Crippen LogP contribution in [0.3, 0.4) is 0 Å². The molecule has 1 amide bonds. The van der Waals surface area contributed by atoms with Crippen molar-refractivity contribution in [2.45, 2.75) is 38.5 Å². The second-order valence-corrected chi connectivity index (χ2v) is 6.35. The molecule has 0 spiro atoms. The minimum Gasteiger partial charge on any atom is -0.469 e. The zero-order chi connectivity index (χ0) is 20.5. The normalized spacial score (nSPS) is 11.4. The Bertz CT molecular complexity index is 683. The van der Waals surface area contributed by atoms with Crippen LogP contribution in [0.4, 0.5) is 10.5 Å². The Morgan fingerprint density at radius 2 is 1.71 bits per heavy atom. The Morgan fingerprint density at radius 3 is 2.39 bits per heavy atom. The number of unbranched alkanes of at least 4 members (excludes halogenated alkanes) is 1. The van der Waals surface area contributed by atoms with E-state index >= 15 is 0 Å². The average molecular weight is 406 g/mol. The third kappa shape index (κ3) is 12.8. The lowest BCUT2D eigenvalue weighted by atomic mass is 10.2. The van der Waals surface area contributed by atoms with Gasteiger partial charge in [-0.05, 0) is 50.3 Å². The molecule has 0 heterocycles. The predicted molar refractivity (Wildman–Crippen MR) is 114 cm³/mol. The van der Waals surface area contributed by atoms with E-state index in [9.17, 15) is 9.59 Å². The number of anilines is 1. The number of amides is 1. The van der Waals surface area contributed by atoms with Gasteiger partial charge >= 0.3 is 12.1 Å². The quantitative estimate of drug-likeness (QED) is 0.260. The van der Waals surface area contributed by atoms with Crippen LogP contribution in [0.2, 0.25) is 5.02 Å². The number of halogens is 1. The van der Waals surface area contributed by atoms with Crippen molar-refractivity contribution < 1.29 is 19.1 Å². The Kier molecular flexibility index (Phi) is 13.0. The predicted octanol–water partition coefficient (Wildman–Crippen LogP) is 6.07. The summed E-state index contributed by atoms with van der Waals surface area (Å²) >= 11 is 5.85. The van der Waals surface area contributed by atoms with E-state index in [1.54, 1.807) is 24.3 Å². The highest BCUT2D eigenvalue weighted by Gasteiger charge is 2.02. The van der Waals surface area contributed by atoms with Gasteiger partial charge < -0.3 is 9.47 Å². The van der Waals surface area contributed by atoms with Crippen LogP contribution < -0.4 is 5.32 Å². The summed E-state index contributed by atoms with van der Waals surface area (Å²) in [6.45, 7) is 0.320. The van der Waals surface area contributed by atoms with E-state index in [0.29, 0.717) is 30.2 Å². The second kappa shape index (κ2) is 15.5. The Balaban J connectivity index is 2.00. The Morgan fingerprint density at radius 1 is 1.04 bits per heavy atom. The van der Waals surface area contributed by atoms with E-state index in [4.69, 9.17) is 16.3 Å². The first-order valence-electron chi connectivity index (χ1n) is 9.33. The molecule has 1 aromatic rings. The molecule has 28 heavy (non-hydrogen) atoms. The molecule has 0 saturated heterocycles. The van der Waals surface area contributed by atoms with E-state index in [1.165, 1.54) is 7.11 Å². The van der Waals surface area contributed by atoms with Gasteiger partial charge in [0.2, 0.25) is 0 Å². The maximum Gasteiger partial charge on any atom is 0.411 e. The molecule has 152 valence electrons. The van der Waals surface area contributed by atoms with Crippen molar-refractivity contribution in [2.75, 3.05) is 19.0 Å². The SMILES string of the molecule is COC(=O)CCC/C=C\C/C=C\C/C=C\CCOC(=O)Nc1cccc(Cl)c1. The second-order valence-electron chi connectivity index (χ2n) is 5.91. The molecular formula is C22H28ClNO4. The number of rotatable bonds is 12. The number of ether oxygens (including phenoxy) is 2. The third-order valence-electron chi connectivity index (χ3n) is 3.61. The maximum atomic E-state index is 11.6. The molecule has 0 aromatic heterocycles. The molecule has 0 atom stereocenters. The number of methoxy groups -OCH3 is 1. The monoisotopic (exact) mass is 405 g/mol. The largest absolute Gasteiger partial charge is 0.469 e. The molecular weight excluding hydrogens is 378 g/mol. The van der Waals surface area contributed by atoms with Gasteiger partial charge in [0.05, 0.1) is 13.7 Å². The van der Waals surface area contributed by atoms with Crippen LogP contribution in [-0.2, 0) is 14.3 Å². The van der Waals surface area contributed by atoms with Gasteiger partial charge in [0, 0.05) is 17.1 Å². The van der Waals surface area contributed by atoms with Gasteiger partial charge in [0.1, 0.15) is 0 Å². The maximum absolute atomic E-state index is 11.6. The highest BCUT2D eigenvalue weighted by atomic mass is 35.5. The highest BCUT2D eigenvalue weighted by Crippen LogP contribution is 2.14. The smallest absolute Gasteiger partial charge is 0.411 e. The van der Waals surface area contributed by atoms with Crippen LogP contribution in [0, 0.1) is 0 Å². The molecule has 1 rings (SSSR count). The number of hydrogen-bond donors (Lipinski definition) is 1. The van der Waals surface area contributed by atoms with E-state index in [-0.39, 0.29) is 5.97 Å². The molecule has 1 aromatic carbocycles. The van der Waals surface area contributed by atoms with Crippen molar-refractivity contribution in [2.24, 2.45) is 0 Å². The van der Waals surface area contributed by atoms with Gasteiger partial charge in [-0.25, -0.2) is 4.79 Å². The van der Waals surface area contributed by atoms with Gasteiger partial charge in [0.15, 0.2) is 0 Å². The molecule has 0 unspecified atom stereocenters. The lowest BCUT2D eigenvalue weighted by Crippen LogP contribution is -2.14. The molecule has 0 saturated carbocycles. The summed E-state index contributed by atoms with van der Waals surface area (Å²) in [7, 11) is 1.41. The highest BCUT2D eigenvalue weighted by molar-refractivity contribution is 6.30. The first-order chi connectivity index (χ1) is 13.6. The molecule has 5 nitrogen and oxygen atoms in total. The van der Waals surface area contributed by atoms with Crippen LogP contribution in [0.5, 0.6) is 0 Å². The van der Waals surface area contributed by atoms with Crippen molar-refractivity contribution in [3.8, 4) is 0 Å². The Labute approximate surface area is 172 Å². The van der Waals surface area contributed by atoms with Crippen LogP contribution in [0.25, 0.3) is 0 Å². The minimum absolute atomic E-state index is 0.160. The van der Waals surface area contributed by atoms with Gasteiger partial charge in [-0.1, -0.05) is 54.1 Å². The van der Waals surface area contributed by atoms with Crippen LogP contribution in [0.1, 0.15) is 38.5 Å². The third-order valence-corrected chi connectivity index (χ3v) is 3.85. The summed E-state index contributed by atoms with van der Waals surface area (Å²) in [6, 6.07) is 6.90. The molecule has 0 aliphatic heterocycles. The van der Waals surface area contributed by atoms with Crippen molar-refractivity contribution in [1.29, 1.82) is 0 Å². The lowest BCUT2D eigenvalue weighted by Gasteiger charge is -2.05.